The van der Waals surface area contributed by atoms with E-state index in [2.05, 4.69) is 0 Å². The summed E-state index contributed by atoms with van der Waals surface area (Å²) in [6.45, 7) is 4.03. The highest BCUT2D eigenvalue weighted by Gasteiger charge is 2.31. The first-order valence-corrected chi connectivity index (χ1v) is 9.46. The zero-order valence-electron chi connectivity index (χ0n) is 17.3. The third-order valence-corrected chi connectivity index (χ3v) is 5.28. The number of rotatable bonds is 4. The topological polar surface area (TPSA) is 67.1 Å². The maximum Gasteiger partial charge on any atom is 0.197 e. The predicted octanol–water partition coefficient (Wildman–Crippen LogP) is 4.59. The molecule has 0 fully saturated rings. The van der Waals surface area contributed by atoms with E-state index < -0.39 is 0 Å². The first kappa shape index (κ1) is 19.2. The van der Waals surface area contributed by atoms with Crippen molar-refractivity contribution in [2.24, 2.45) is 0 Å². The lowest BCUT2D eigenvalue weighted by molar-refractivity contribution is 0.0857. The van der Waals surface area contributed by atoms with E-state index in [0.29, 0.717) is 45.3 Å². The Bertz CT molecular complexity index is 1140. The Labute approximate surface area is 169 Å². The van der Waals surface area contributed by atoms with Crippen LogP contribution in [0.3, 0.4) is 0 Å². The van der Waals surface area contributed by atoms with E-state index in [4.69, 9.17) is 23.4 Å². The van der Waals surface area contributed by atoms with Crippen molar-refractivity contribution in [3.63, 3.8) is 0 Å². The molecule has 1 aliphatic rings. The fraction of sp³-hybridized carbons (Fsp3) is 0.348. The van der Waals surface area contributed by atoms with Gasteiger partial charge in [-0.05, 0) is 44.9 Å². The first-order valence-electron chi connectivity index (χ1n) is 9.46. The molecule has 0 N–H and O–H groups in total. The standard InChI is InChI=1S/C23H24O6/c1-23(2)9-8-14-18(26-4)12-20-21(22(14)29-23)15(24)11-17(28-20)13-6-7-16(25-3)19(10-13)27-5/h6-7,10-12H,8-9H2,1-5H3. The van der Waals surface area contributed by atoms with E-state index in [0.717, 1.165) is 18.4 Å². The Kier molecular flexibility index (Phi) is 4.65. The molecule has 0 aliphatic carbocycles. The van der Waals surface area contributed by atoms with Crippen LogP contribution < -0.4 is 24.4 Å². The Morgan fingerprint density at radius 2 is 1.66 bits per heavy atom. The summed E-state index contributed by atoms with van der Waals surface area (Å²) < 4.78 is 28.5. The first-order chi connectivity index (χ1) is 13.9. The van der Waals surface area contributed by atoms with Gasteiger partial charge in [0.25, 0.3) is 0 Å². The minimum atomic E-state index is -0.360. The third-order valence-electron chi connectivity index (χ3n) is 5.28. The van der Waals surface area contributed by atoms with Gasteiger partial charge in [0.1, 0.15) is 33.8 Å². The molecule has 0 saturated heterocycles. The van der Waals surface area contributed by atoms with Crippen LogP contribution in [0, 0.1) is 0 Å². The van der Waals surface area contributed by atoms with Gasteiger partial charge in [0.2, 0.25) is 0 Å². The monoisotopic (exact) mass is 396 g/mol. The molecule has 152 valence electrons. The van der Waals surface area contributed by atoms with Gasteiger partial charge in [-0.2, -0.15) is 0 Å². The summed E-state index contributed by atoms with van der Waals surface area (Å²) in [5.41, 5.74) is 1.52. The summed E-state index contributed by atoms with van der Waals surface area (Å²) >= 11 is 0. The zero-order chi connectivity index (χ0) is 20.8. The fourth-order valence-electron chi connectivity index (χ4n) is 3.72. The maximum atomic E-state index is 13.1. The number of hydrogen-bond donors (Lipinski definition) is 0. The number of methoxy groups -OCH3 is 3. The Morgan fingerprint density at radius 3 is 2.34 bits per heavy atom. The SMILES string of the molecule is COc1ccc(-c2cc(=O)c3c4c(c(OC)cc3o2)CCC(C)(C)O4)cc1OC. The number of hydrogen-bond acceptors (Lipinski definition) is 6. The van der Waals surface area contributed by atoms with Gasteiger partial charge in [-0.15, -0.1) is 0 Å². The second-order valence-corrected chi connectivity index (χ2v) is 7.67. The lowest BCUT2D eigenvalue weighted by Crippen LogP contribution is -2.33. The van der Waals surface area contributed by atoms with Crippen LogP contribution in [0.15, 0.2) is 39.5 Å². The second-order valence-electron chi connectivity index (χ2n) is 7.67. The lowest BCUT2D eigenvalue weighted by atomic mass is 9.92. The predicted molar refractivity (Wildman–Crippen MR) is 111 cm³/mol. The molecule has 0 radical (unpaired) electrons. The van der Waals surface area contributed by atoms with Crippen LogP contribution in [-0.4, -0.2) is 26.9 Å². The normalized spacial score (nSPS) is 14.8. The summed E-state index contributed by atoms with van der Waals surface area (Å²) in [5.74, 6) is 2.81. The van der Waals surface area contributed by atoms with E-state index in [1.165, 1.54) is 6.07 Å². The smallest absolute Gasteiger partial charge is 0.197 e. The molecule has 0 unspecified atom stereocenters. The molecule has 1 aromatic heterocycles. The van der Waals surface area contributed by atoms with E-state index in [-0.39, 0.29) is 11.0 Å². The molecule has 0 amide bonds. The van der Waals surface area contributed by atoms with Crippen LogP contribution in [0.5, 0.6) is 23.0 Å². The average molecular weight is 396 g/mol. The van der Waals surface area contributed by atoms with Crippen LogP contribution in [-0.2, 0) is 6.42 Å². The molecule has 0 bridgehead atoms. The molecule has 0 saturated carbocycles. The van der Waals surface area contributed by atoms with Gasteiger partial charge in [0.15, 0.2) is 16.9 Å². The molecule has 1 aliphatic heterocycles. The average Bonchev–Trinajstić information content (AvgIpc) is 2.71. The zero-order valence-corrected chi connectivity index (χ0v) is 17.3. The fourth-order valence-corrected chi connectivity index (χ4v) is 3.72. The van der Waals surface area contributed by atoms with E-state index in [1.54, 1.807) is 39.5 Å². The van der Waals surface area contributed by atoms with Gasteiger partial charge in [-0.25, -0.2) is 0 Å². The van der Waals surface area contributed by atoms with Crippen molar-refractivity contribution in [1.82, 2.24) is 0 Å². The van der Waals surface area contributed by atoms with Gasteiger partial charge in [0.05, 0.1) is 21.3 Å². The molecule has 4 rings (SSSR count). The molecule has 6 heteroatoms. The number of fused-ring (bicyclic) bond motifs is 3. The van der Waals surface area contributed by atoms with Crippen LogP contribution in [0.2, 0.25) is 0 Å². The van der Waals surface area contributed by atoms with Crippen LogP contribution in [0.4, 0.5) is 0 Å². The molecule has 3 aromatic rings. The number of benzene rings is 2. The Balaban J connectivity index is 1.94. The Morgan fingerprint density at radius 1 is 0.931 bits per heavy atom. The third kappa shape index (κ3) is 3.28. The van der Waals surface area contributed by atoms with Crippen LogP contribution in [0.25, 0.3) is 22.3 Å². The largest absolute Gasteiger partial charge is 0.496 e. The minimum Gasteiger partial charge on any atom is -0.496 e. The molecule has 29 heavy (non-hydrogen) atoms. The summed E-state index contributed by atoms with van der Waals surface area (Å²) in [7, 11) is 4.75. The van der Waals surface area contributed by atoms with E-state index in [9.17, 15) is 4.79 Å². The van der Waals surface area contributed by atoms with Gasteiger partial charge in [-0.1, -0.05) is 0 Å². The van der Waals surface area contributed by atoms with Gasteiger partial charge < -0.3 is 23.4 Å². The van der Waals surface area contributed by atoms with Crippen LogP contribution in [0.1, 0.15) is 25.8 Å². The second kappa shape index (κ2) is 7.03. The van der Waals surface area contributed by atoms with Crippen molar-refractivity contribution in [3.8, 4) is 34.3 Å². The van der Waals surface area contributed by atoms with Crippen molar-refractivity contribution in [1.29, 1.82) is 0 Å². The molecule has 2 heterocycles. The van der Waals surface area contributed by atoms with E-state index in [1.807, 2.05) is 19.9 Å². The molecular weight excluding hydrogens is 372 g/mol. The van der Waals surface area contributed by atoms with Gasteiger partial charge in [0, 0.05) is 23.3 Å². The summed E-state index contributed by atoms with van der Waals surface area (Å²) in [4.78, 5) is 13.1. The summed E-state index contributed by atoms with van der Waals surface area (Å²) in [6, 6.07) is 8.62. The van der Waals surface area contributed by atoms with Crippen molar-refractivity contribution < 1.29 is 23.4 Å². The highest BCUT2D eigenvalue weighted by atomic mass is 16.5. The van der Waals surface area contributed by atoms with Crippen molar-refractivity contribution in [2.75, 3.05) is 21.3 Å². The van der Waals surface area contributed by atoms with E-state index >= 15 is 0 Å². The molecule has 0 atom stereocenters. The van der Waals surface area contributed by atoms with Crippen molar-refractivity contribution in [3.05, 3.63) is 46.1 Å². The van der Waals surface area contributed by atoms with Gasteiger partial charge >= 0.3 is 0 Å². The molecular formula is C23H24O6. The quantitative estimate of drug-likeness (QED) is 0.643. The summed E-state index contributed by atoms with van der Waals surface area (Å²) in [6.07, 6.45) is 1.62. The highest BCUT2D eigenvalue weighted by molar-refractivity contribution is 5.88. The van der Waals surface area contributed by atoms with Gasteiger partial charge in [-0.3, -0.25) is 4.79 Å². The lowest BCUT2D eigenvalue weighted by Gasteiger charge is -2.33. The molecule has 0 spiro atoms. The molecule has 6 nitrogen and oxygen atoms in total. The molecule has 2 aromatic carbocycles. The van der Waals surface area contributed by atoms with Crippen LogP contribution >= 0.6 is 0 Å². The summed E-state index contributed by atoms with van der Waals surface area (Å²) in [5, 5.41) is 0.442. The highest BCUT2D eigenvalue weighted by Crippen LogP contribution is 2.43. The van der Waals surface area contributed by atoms with Crippen molar-refractivity contribution in [2.45, 2.75) is 32.3 Å². The minimum absolute atomic E-state index is 0.160. The van der Waals surface area contributed by atoms with Crippen molar-refractivity contribution >= 4 is 11.0 Å². The Hall–Kier alpha value is -3.15. The number of ether oxygens (including phenoxy) is 4. The maximum absolute atomic E-state index is 13.1.